The number of hydrogen-bond acceptors (Lipinski definition) is 3. The van der Waals surface area contributed by atoms with Crippen LogP contribution in [0.5, 0.6) is 0 Å². The van der Waals surface area contributed by atoms with Gasteiger partial charge in [-0.2, -0.15) is 0 Å². The molecule has 4 nitrogen and oxygen atoms in total. The number of nitrogens with zero attached hydrogens (tertiary/aromatic N) is 1. The van der Waals surface area contributed by atoms with E-state index < -0.39 is 0 Å². The molecule has 134 valence electrons. The maximum absolute atomic E-state index is 12.9. The first-order valence-corrected chi connectivity index (χ1v) is 9.18. The van der Waals surface area contributed by atoms with Crippen LogP contribution in [0, 0.1) is 5.92 Å². The Kier molecular flexibility index (Phi) is 7.25. The van der Waals surface area contributed by atoms with Gasteiger partial charge in [0.1, 0.15) is 6.04 Å². The summed E-state index contributed by atoms with van der Waals surface area (Å²) in [6.45, 7) is 8.08. The molecule has 0 radical (unpaired) electrons. The molecule has 1 heterocycles. The fourth-order valence-corrected chi connectivity index (χ4v) is 3.41. The van der Waals surface area contributed by atoms with E-state index in [4.69, 9.17) is 4.74 Å². The number of benzene rings is 1. The molecule has 24 heavy (non-hydrogen) atoms. The van der Waals surface area contributed by atoms with E-state index >= 15 is 0 Å². The van der Waals surface area contributed by atoms with E-state index in [-0.39, 0.29) is 24.1 Å². The molecule has 1 aliphatic rings. The van der Waals surface area contributed by atoms with Crippen molar-refractivity contribution in [3.05, 3.63) is 35.9 Å². The zero-order valence-electron chi connectivity index (χ0n) is 15.5. The highest BCUT2D eigenvalue weighted by atomic mass is 16.5. The summed E-state index contributed by atoms with van der Waals surface area (Å²) in [4.78, 5) is 15.0. The Morgan fingerprint density at radius 1 is 1.33 bits per heavy atom. The number of nitrogens with one attached hydrogen (secondary N) is 1. The molecule has 1 saturated heterocycles. The molecule has 3 unspecified atom stereocenters. The largest absolute Gasteiger partial charge is 0.378 e. The molecule has 2 rings (SSSR count). The molecule has 1 aromatic rings. The third kappa shape index (κ3) is 5.32. The average molecular weight is 332 g/mol. The number of likely N-dealkylation sites (N-methyl/N-ethyl adjacent to an activating group) is 1. The normalized spacial score (nSPS) is 22.6. The zero-order valence-corrected chi connectivity index (χ0v) is 15.5. The quantitative estimate of drug-likeness (QED) is 0.832. The van der Waals surface area contributed by atoms with E-state index in [1.807, 2.05) is 37.4 Å². The summed E-state index contributed by atoms with van der Waals surface area (Å²) in [7, 11) is 2.00. The number of carbonyl (C=O) groups is 1. The van der Waals surface area contributed by atoms with Crippen molar-refractivity contribution in [3.8, 4) is 0 Å². The fraction of sp³-hybridized carbons (Fsp3) is 0.650. The van der Waals surface area contributed by atoms with Gasteiger partial charge in [-0.15, -0.1) is 0 Å². The van der Waals surface area contributed by atoms with Crippen molar-refractivity contribution in [1.29, 1.82) is 0 Å². The Bertz CT molecular complexity index is 504. The second-order valence-corrected chi connectivity index (χ2v) is 7.24. The lowest BCUT2D eigenvalue weighted by Crippen LogP contribution is -2.47. The van der Waals surface area contributed by atoms with Gasteiger partial charge >= 0.3 is 0 Å². The van der Waals surface area contributed by atoms with Crippen LogP contribution < -0.4 is 5.32 Å². The first kappa shape index (κ1) is 18.9. The highest BCUT2D eigenvalue weighted by molar-refractivity contribution is 5.83. The molecular weight excluding hydrogens is 300 g/mol. The van der Waals surface area contributed by atoms with Gasteiger partial charge in [0.2, 0.25) is 5.91 Å². The van der Waals surface area contributed by atoms with Gasteiger partial charge in [0.25, 0.3) is 0 Å². The first-order valence-electron chi connectivity index (χ1n) is 9.18. The smallest absolute Gasteiger partial charge is 0.242 e. The maximum Gasteiger partial charge on any atom is 0.242 e. The summed E-state index contributed by atoms with van der Waals surface area (Å²) in [5, 5.41) is 3.28. The minimum absolute atomic E-state index is 0.0979. The standard InChI is InChI=1S/C20H32N2O2/c1-5-22(4)19(16-9-7-6-8-10-16)20(23)21-17-11-12-24-18(14-17)13-15(2)3/h6-10,15,17-19H,5,11-14H2,1-4H3,(H,21,23). The Morgan fingerprint density at radius 3 is 2.67 bits per heavy atom. The summed E-state index contributed by atoms with van der Waals surface area (Å²) in [6.07, 6.45) is 3.14. The average Bonchev–Trinajstić information content (AvgIpc) is 2.55. The number of amides is 1. The third-order valence-electron chi connectivity index (χ3n) is 4.75. The number of hydrogen-bond donors (Lipinski definition) is 1. The molecule has 0 aliphatic carbocycles. The molecule has 3 atom stereocenters. The summed E-state index contributed by atoms with van der Waals surface area (Å²) in [5.74, 6) is 0.716. The van der Waals surface area contributed by atoms with E-state index in [1.54, 1.807) is 0 Å². The van der Waals surface area contributed by atoms with E-state index in [0.717, 1.165) is 38.0 Å². The number of carbonyl (C=O) groups excluding carboxylic acids is 1. The third-order valence-corrected chi connectivity index (χ3v) is 4.75. The lowest BCUT2D eigenvalue weighted by atomic mass is 9.95. The first-order chi connectivity index (χ1) is 11.5. The van der Waals surface area contributed by atoms with Crippen molar-refractivity contribution in [2.75, 3.05) is 20.2 Å². The lowest BCUT2D eigenvalue weighted by Gasteiger charge is -2.33. The molecule has 1 amide bonds. The Balaban J connectivity index is 2.02. The van der Waals surface area contributed by atoms with Crippen LogP contribution in [0.3, 0.4) is 0 Å². The minimum atomic E-state index is -0.234. The second-order valence-electron chi connectivity index (χ2n) is 7.24. The SMILES string of the molecule is CCN(C)C(C(=O)NC1CCOC(CC(C)C)C1)c1ccccc1. The summed E-state index contributed by atoms with van der Waals surface area (Å²) < 4.78 is 5.85. The number of ether oxygens (including phenoxy) is 1. The van der Waals surface area contributed by atoms with Crippen LogP contribution in [0.1, 0.15) is 51.6 Å². The van der Waals surface area contributed by atoms with Crippen molar-refractivity contribution in [2.24, 2.45) is 5.92 Å². The highest BCUT2D eigenvalue weighted by Crippen LogP contribution is 2.23. The molecule has 0 bridgehead atoms. The van der Waals surface area contributed by atoms with Crippen molar-refractivity contribution >= 4 is 5.91 Å². The monoisotopic (exact) mass is 332 g/mol. The van der Waals surface area contributed by atoms with Crippen molar-refractivity contribution in [1.82, 2.24) is 10.2 Å². The molecule has 4 heteroatoms. The van der Waals surface area contributed by atoms with E-state index in [0.29, 0.717) is 5.92 Å². The van der Waals surface area contributed by atoms with E-state index in [9.17, 15) is 4.79 Å². The summed E-state index contributed by atoms with van der Waals surface area (Å²) in [6, 6.07) is 10.0. The molecule has 0 aromatic heterocycles. The molecule has 1 aliphatic heterocycles. The van der Waals surface area contributed by atoms with Gasteiger partial charge < -0.3 is 10.1 Å². The predicted molar refractivity (Wildman–Crippen MR) is 97.8 cm³/mol. The molecule has 1 fully saturated rings. The van der Waals surface area contributed by atoms with Gasteiger partial charge in [-0.3, -0.25) is 9.69 Å². The Labute approximate surface area is 146 Å². The van der Waals surface area contributed by atoms with Crippen molar-refractivity contribution < 1.29 is 9.53 Å². The van der Waals surface area contributed by atoms with Crippen LogP contribution in [0.25, 0.3) is 0 Å². The van der Waals surface area contributed by atoms with Crippen LogP contribution in [-0.2, 0) is 9.53 Å². The Hall–Kier alpha value is -1.39. The van der Waals surface area contributed by atoms with Crippen LogP contribution >= 0.6 is 0 Å². The van der Waals surface area contributed by atoms with Gasteiger partial charge in [-0.1, -0.05) is 51.1 Å². The fourth-order valence-electron chi connectivity index (χ4n) is 3.41. The molecule has 1 N–H and O–H groups in total. The van der Waals surface area contributed by atoms with Crippen LogP contribution in [0.2, 0.25) is 0 Å². The van der Waals surface area contributed by atoms with Crippen molar-refractivity contribution in [3.63, 3.8) is 0 Å². The van der Waals surface area contributed by atoms with Gasteiger partial charge in [-0.25, -0.2) is 0 Å². The van der Waals surface area contributed by atoms with Crippen molar-refractivity contribution in [2.45, 2.75) is 58.2 Å². The molecular formula is C20H32N2O2. The minimum Gasteiger partial charge on any atom is -0.378 e. The van der Waals surface area contributed by atoms with Crippen LogP contribution in [-0.4, -0.2) is 43.2 Å². The molecule has 1 aromatic carbocycles. The predicted octanol–water partition coefficient (Wildman–Crippen LogP) is 3.39. The highest BCUT2D eigenvalue weighted by Gasteiger charge is 2.29. The second kappa shape index (κ2) is 9.19. The van der Waals surface area contributed by atoms with Crippen LogP contribution in [0.4, 0.5) is 0 Å². The Morgan fingerprint density at radius 2 is 2.04 bits per heavy atom. The topological polar surface area (TPSA) is 41.6 Å². The van der Waals surface area contributed by atoms with Gasteiger partial charge in [0.05, 0.1) is 6.10 Å². The maximum atomic E-state index is 12.9. The van der Waals surface area contributed by atoms with Crippen LogP contribution in [0.15, 0.2) is 30.3 Å². The summed E-state index contributed by atoms with van der Waals surface area (Å²) >= 11 is 0. The summed E-state index contributed by atoms with van der Waals surface area (Å²) in [5.41, 5.74) is 1.05. The van der Waals surface area contributed by atoms with Gasteiger partial charge in [0, 0.05) is 12.6 Å². The van der Waals surface area contributed by atoms with Gasteiger partial charge in [0.15, 0.2) is 0 Å². The van der Waals surface area contributed by atoms with E-state index in [1.165, 1.54) is 0 Å². The molecule has 0 saturated carbocycles. The number of rotatable bonds is 7. The lowest BCUT2D eigenvalue weighted by molar-refractivity contribution is -0.128. The zero-order chi connectivity index (χ0) is 17.5. The molecule has 0 spiro atoms. The van der Waals surface area contributed by atoms with Gasteiger partial charge in [-0.05, 0) is 44.3 Å². The van der Waals surface area contributed by atoms with E-state index in [2.05, 4.69) is 31.0 Å².